The number of piperazine rings is 1. The van der Waals surface area contributed by atoms with E-state index in [9.17, 15) is 14.0 Å². The third-order valence-electron chi connectivity index (χ3n) is 5.45. The van der Waals surface area contributed by atoms with Gasteiger partial charge >= 0.3 is 0 Å². The van der Waals surface area contributed by atoms with Crippen molar-refractivity contribution in [1.82, 2.24) is 25.3 Å². The van der Waals surface area contributed by atoms with Crippen molar-refractivity contribution in [1.29, 1.82) is 0 Å². The summed E-state index contributed by atoms with van der Waals surface area (Å²) < 4.78 is 15.4. The van der Waals surface area contributed by atoms with Gasteiger partial charge in [0.1, 0.15) is 23.6 Å². The molecular weight excluding hydrogens is 361 g/mol. The lowest BCUT2D eigenvalue weighted by atomic mass is 9.98. The number of nitrogens with zero attached hydrogens (tertiary/aromatic N) is 3. The average molecular weight is 385 g/mol. The number of rotatable bonds is 5. The highest BCUT2D eigenvalue weighted by Gasteiger charge is 2.46. The first-order valence-corrected chi connectivity index (χ1v) is 9.56. The average Bonchev–Trinajstić information content (AvgIpc) is 3.30. The predicted molar refractivity (Wildman–Crippen MR) is 101 cm³/mol. The van der Waals surface area contributed by atoms with Crippen LogP contribution in [0.25, 0.3) is 5.69 Å². The monoisotopic (exact) mass is 385 g/mol. The predicted octanol–water partition coefficient (Wildman–Crippen LogP) is 1.22. The Balaban J connectivity index is 1.39. The summed E-state index contributed by atoms with van der Waals surface area (Å²) in [5.41, 5.74) is 1.30. The summed E-state index contributed by atoms with van der Waals surface area (Å²) in [5, 5.41) is 10.5. The van der Waals surface area contributed by atoms with E-state index in [4.69, 9.17) is 0 Å². The van der Waals surface area contributed by atoms with Crippen molar-refractivity contribution < 1.29 is 14.0 Å². The topological polar surface area (TPSA) is 79.3 Å². The van der Waals surface area contributed by atoms with E-state index in [1.807, 2.05) is 13.8 Å². The molecule has 3 atom stereocenters. The molecule has 28 heavy (non-hydrogen) atoms. The summed E-state index contributed by atoms with van der Waals surface area (Å²) in [5.74, 6) is -0.345. The Morgan fingerprint density at radius 2 is 2.11 bits per heavy atom. The van der Waals surface area contributed by atoms with Crippen LogP contribution in [-0.4, -0.2) is 51.2 Å². The molecule has 3 heterocycles. The van der Waals surface area contributed by atoms with E-state index in [0.29, 0.717) is 25.2 Å². The maximum absolute atomic E-state index is 13.9. The fourth-order valence-corrected chi connectivity index (χ4v) is 3.90. The van der Waals surface area contributed by atoms with E-state index in [1.165, 1.54) is 10.7 Å². The smallest absolute Gasteiger partial charge is 0.246 e. The molecule has 0 aliphatic carbocycles. The molecule has 7 nitrogen and oxygen atoms in total. The van der Waals surface area contributed by atoms with Gasteiger partial charge in [-0.15, -0.1) is 0 Å². The van der Waals surface area contributed by atoms with Crippen LogP contribution < -0.4 is 10.6 Å². The molecule has 8 heteroatoms. The number of amides is 2. The fraction of sp³-hybridized carbons (Fsp3) is 0.450. The molecule has 2 fully saturated rings. The van der Waals surface area contributed by atoms with Gasteiger partial charge in [0.2, 0.25) is 11.8 Å². The zero-order chi connectivity index (χ0) is 19.8. The normalized spacial score (nSPS) is 24.6. The molecule has 2 aliphatic rings. The van der Waals surface area contributed by atoms with Crippen LogP contribution in [0.4, 0.5) is 4.39 Å². The first-order valence-electron chi connectivity index (χ1n) is 9.56. The lowest BCUT2D eigenvalue weighted by Crippen LogP contribution is -2.62. The van der Waals surface area contributed by atoms with Gasteiger partial charge in [0.25, 0.3) is 0 Å². The zero-order valence-electron chi connectivity index (χ0n) is 15.9. The Bertz CT molecular complexity index is 896. The van der Waals surface area contributed by atoms with Gasteiger partial charge in [-0.25, -0.2) is 9.07 Å². The maximum atomic E-state index is 13.9. The van der Waals surface area contributed by atoms with Crippen LogP contribution in [0.3, 0.4) is 0 Å². The number of para-hydroxylation sites is 1. The van der Waals surface area contributed by atoms with E-state index >= 15 is 0 Å². The van der Waals surface area contributed by atoms with Crippen molar-refractivity contribution in [3.05, 3.63) is 48.0 Å². The Morgan fingerprint density at radius 3 is 2.86 bits per heavy atom. The maximum Gasteiger partial charge on any atom is 0.246 e. The third kappa shape index (κ3) is 3.40. The highest BCUT2D eigenvalue weighted by atomic mass is 19.1. The second kappa shape index (κ2) is 7.35. The van der Waals surface area contributed by atoms with Crippen molar-refractivity contribution in [3.63, 3.8) is 0 Å². The lowest BCUT2D eigenvalue weighted by molar-refractivity contribution is -0.148. The van der Waals surface area contributed by atoms with E-state index in [-0.39, 0.29) is 29.6 Å². The van der Waals surface area contributed by atoms with Crippen LogP contribution in [0.15, 0.2) is 36.7 Å². The lowest BCUT2D eigenvalue weighted by Gasteiger charge is -2.36. The molecule has 0 unspecified atom stereocenters. The Labute approximate surface area is 162 Å². The van der Waals surface area contributed by atoms with Crippen molar-refractivity contribution in [2.75, 3.05) is 6.54 Å². The van der Waals surface area contributed by atoms with Crippen LogP contribution in [-0.2, 0) is 16.1 Å². The van der Waals surface area contributed by atoms with Gasteiger partial charge in [0.05, 0.1) is 6.20 Å². The number of hydrogen-bond donors (Lipinski definition) is 2. The van der Waals surface area contributed by atoms with Crippen molar-refractivity contribution >= 4 is 11.8 Å². The molecule has 4 rings (SSSR count). The van der Waals surface area contributed by atoms with Crippen LogP contribution in [0.2, 0.25) is 0 Å². The summed E-state index contributed by atoms with van der Waals surface area (Å²) in [7, 11) is 0. The van der Waals surface area contributed by atoms with Gasteiger partial charge in [-0.2, -0.15) is 5.10 Å². The number of fused-ring (bicyclic) bond motifs is 1. The van der Waals surface area contributed by atoms with Gasteiger partial charge in [-0.1, -0.05) is 26.0 Å². The number of hydrogen-bond acceptors (Lipinski definition) is 4. The Hall–Kier alpha value is -2.74. The van der Waals surface area contributed by atoms with Crippen LogP contribution in [0.1, 0.15) is 25.8 Å². The van der Waals surface area contributed by atoms with E-state index in [2.05, 4.69) is 15.7 Å². The summed E-state index contributed by atoms with van der Waals surface area (Å²) >= 11 is 0. The fourth-order valence-electron chi connectivity index (χ4n) is 3.90. The van der Waals surface area contributed by atoms with Crippen LogP contribution in [0.5, 0.6) is 0 Å². The largest absolute Gasteiger partial charge is 0.342 e. The molecule has 0 bridgehead atoms. The molecule has 2 aromatic rings. The standard InChI is InChI=1S/C20H24FN5O2/c1-12(2)18-20(28)25-11-14(7-17(25)19(27)24-18)22-8-13-9-23-26(10-13)16-6-4-3-5-15(16)21/h3-6,9-10,12,14,17-18,22H,7-8,11H2,1-2H3,(H,24,27)/t14-,17-,18+/m0/s1. The molecule has 1 aromatic carbocycles. The number of aromatic nitrogens is 2. The number of benzene rings is 1. The molecule has 1 aromatic heterocycles. The minimum atomic E-state index is -0.443. The summed E-state index contributed by atoms with van der Waals surface area (Å²) in [4.78, 5) is 26.7. The Kier molecular flexibility index (Phi) is 4.89. The van der Waals surface area contributed by atoms with Gasteiger partial charge in [0, 0.05) is 30.9 Å². The molecule has 2 N–H and O–H groups in total. The summed E-state index contributed by atoms with van der Waals surface area (Å²) in [6.45, 7) is 4.91. The molecule has 2 amide bonds. The SMILES string of the molecule is CC(C)[C@H]1NC(=O)[C@@H]2C[C@H](NCc3cnn(-c4ccccc4F)c3)CN2C1=O. The van der Waals surface area contributed by atoms with Gasteiger partial charge < -0.3 is 15.5 Å². The van der Waals surface area contributed by atoms with Crippen molar-refractivity contribution in [2.24, 2.45) is 5.92 Å². The molecule has 0 radical (unpaired) electrons. The number of halogens is 1. The number of carbonyl (C=O) groups is 2. The zero-order valence-corrected chi connectivity index (χ0v) is 15.9. The quantitative estimate of drug-likeness (QED) is 0.811. The molecule has 2 aliphatic heterocycles. The van der Waals surface area contributed by atoms with E-state index in [1.54, 1.807) is 35.5 Å². The van der Waals surface area contributed by atoms with E-state index in [0.717, 1.165) is 5.56 Å². The van der Waals surface area contributed by atoms with Gasteiger partial charge in [-0.3, -0.25) is 9.59 Å². The highest BCUT2D eigenvalue weighted by molar-refractivity contribution is 5.97. The highest BCUT2D eigenvalue weighted by Crippen LogP contribution is 2.25. The summed E-state index contributed by atoms with van der Waals surface area (Å²) in [6.07, 6.45) is 4.05. The van der Waals surface area contributed by atoms with Gasteiger partial charge in [0.15, 0.2) is 0 Å². The number of carbonyl (C=O) groups excluding carboxylic acids is 2. The van der Waals surface area contributed by atoms with Crippen LogP contribution >= 0.6 is 0 Å². The second-order valence-corrected chi connectivity index (χ2v) is 7.79. The van der Waals surface area contributed by atoms with Crippen molar-refractivity contribution in [2.45, 2.75) is 44.9 Å². The van der Waals surface area contributed by atoms with Gasteiger partial charge in [-0.05, 0) is 24.5 Å². The number of nitrogens with one attached hydrogen (secondary N) is 2. The van der Waals surface area contributed by atoms with Crippen LogP contribution in [0, 0.1) is 11.7 Å². The minimum Gasteiger partial charge on any atom is -0.342 e. The van der Waals surface area contributed by atoms with E-state index < -0.39 is 12.1 Å². The molecule has 148 valence electrons. The summed E-state index contributed by atoms with van der Waals surface area (Å²) in [6, 6.07) is 5.66. The first kappa shape index (κ1) is 18.6. The molecule has 2 saturated heterocycles. The van der Waals surface area contributed by atoms with Crippen molar-refractivity contribution in [3.8, 4) is 5.69 Å². The first-order chi connectivity index (χ1) is 13.4. The molecule has 0 spiro atoms. The Morgan fingerprint density at radius 1 is 1.32 bits per heavy atom. The molecular formula is C20H24FN5O2. The second-order valence-electron chi connectivity index (χ2n) is 7.79. The minimum absolute atomic E-state index is 0.00345. The molecule has 0 saturated carbocycles. The third-order valence-corrected chi connectivity index (χ3v) is 5.45.